The lowest BCUT2D eigenvalue weighted by molar-refractivity contribution is -0.132. The second-order valence-corrected chi connectivity index (χ2v) is 7.40. The van der Waals surface area contributed by atoms with Crippen molar-refractivity contribution in [1.29, 1.82) is 0 Å². The number of nitrogens with zero attached hydrogens (tertiary/aromatic N) is 2. The summed E-state index contributed by atoms with van der Waals surface area (Å²) >= 11 is 0. The van der Waals surface area contributed by atoms with Crippen molar-refractivity contribution in [2.45, 2.75) is 25.3 Å². The minimum Gasteiger partial charge on any atom is -0.497 e. The van der Waals surface area contributed by atoms with Gasteiger partial charge in [-0.25, -0.2) is 0 Å². The van der Waals surface area contributed by atoms with Crippen molar-refractivity contribution in [1.82, 2.24) is 4.90 Å². The van der Waals surface area contributed by atoms with E-state index in [0.717, 1.165) is 35.6 Å². The van der Waals surface area contributed by atoms with E-state index < -0.39 is 0 Å². The third kappa shape index (κ3) is 3.79. The summed E-state index contributed by atoms with van der Waals surface area (Å²) in [7, 11) is 3.24. The van der Waals surface area contributed by atoms with E-state index in [1.54, 1.807) is 19.1 Å². The van der Waals surface area contributed by atoms with Gasteiger partial charge in [0.2, 0.25) is 5.91 Å². The van der Waals surface area contributed by atoms with Crippen LogP contribution in [-0.2, 0) is 9.59 Å². The fraction of sp³-hybridized carbons (Fsp3) is 0.391. The summed E-state index contributed by atoms with van der Waals surface area (Å²) in [6.45, 7) is 1.04. The first-order valence-electron chi connectivity index (χ1n) is 10.2. The summed E-state index contributed by atoms with van der Waals surface area (Å²) in [5, 5.41) is 0. The molecule has 2 aromatic rings. The third-order valence-electron chi connectivity index (χ3n) is 5.73. The summed E-state index contributed by atoms with van der Waals surface area (Å²) < 4.78 is 16.3. The summed E-state index contributed by atoms with van der Waals surface area (Å²) in [6.07, 6.45) is 2.08. The molecule has 1 atom stereocenters. The number of carbonyl (C=O) groups excluding carboxylic acids is 2. The number of ether oxygens (including phenoxy) is 3. The van der Waals surface area contributed by atoms with Gasteiger partial charge >= 0.3 is 0 Å². The number of hydrogen-bond acceptors (Lipinski definition) is 5. The first-order valence-corrected chi connectivity index (χ1v) is 10.2. The number of methoxy groups -OCH3 is 2. The van der Waals surface area contributed by atoms with E-state index in [1.807, 2.05) is 47.4 Å². The number of rotatable bonds is 6. The van der Waals surface area contributed by atoms with Gasteiger partial charge in [0.05, 0.1) is 25.9 Å². The van der Waals surface area contributed by atoms with Gasteiger partial charge in [-0.1, -0.05) is 12.1 Å². The number of fused-ring (bicyclic) bond motifs is 1. The molecule has 1 fully saturated rings. The summed E-state index contributed by atoms with van der Waals surface area (Å²) in [6, 6.07) is 13.1. The lowest BCUT2D eigenvalue weighted by Gasteiger charge is -2.31. The van der Waals surface area contributed by atoms with Crippen molar-refractivity contribution in [3.63, 3.8) is 0 Å². The Labute approximate surface area is 176 Å². The van der Waals surface area contributed by atoms with Crippen molar-refractivity contribution in [3.8, 4) is 17.2 Å². The van der Waals surface area contributed by atoms with Crippen LogP contribution < -0.4 is 19.1 Å². The average molecular weight is 410 g/mol. The molecule has 2 heterocycles. The maximum atomic E-state index is 13.1. The molecule has 2 aliphatic rings. The van der Waals surface area contributed by atoms with Crippen LogP contribution in [0.25, 0.3) is 0 Å². The Hall–Kier alpha value is -3.22. The molecule has 2 amide bonds. The molecule has 0 aliphatic carbocycles. The number of hydrogen-bond donors (Lipinski definition) is 0. The molecule has 30 heavy (non-hydrogen) atoms. The zero-order valence-corrected chi connectivity index (χ0v) is 17.3. The standard InChI is InChI=1S/C23H26N2O5/c1-28-16-9-10-17(21(14-16)29-2)18-7-5-12-24(18)22(26)11-13-25-19-6-3-4-8-20(19)30-15-23(25)27/h3-4,6,8-10,14,18H,5,7,11-13,15H2,1-2H3/t18-/m0/s1. The first-order chi connectivity index (χ1) is 14.6. The van der Waals surface area contributed by atoms with Gasteiger partial charge in [-0.3, -0.25) is 9.59 Å². The summed E-state index contributed by atoms with van der Waals surface area (Å²) in [5.74, 6) is 2.02. The van der Waals surface area contributed by atoms with Crippen LogP contribution in [0, 0.1) is 0 Å². The van der Waals surface area contributed by atoms with E-state index in [0.29, 0.717) is 18.8 Å². The molecule has 0 bridgehead atoms. The number of carbonyl (C=O) groups is 2. The minimum atomic E-state index is -0.128. The van der Waals surface area contributed by atoms with Crippen molar-refractivity contribution in [2.24, 2.45) is 0 Å². The van der Waals surface area contributed by atoms with Crippen LogP contribution in [0.3, 0.4) is 0 Å². The fourth-order valence-electron chi connectivity index (χ4n) is 4.23. The molecule has 4 rings (SSSR count). The molecule has 0 radical (unpaired) electrons. The van der Waals surface area contributed by atoms with E-state index >= 15 is 0 Å². The number of amides is 2. The SMILES string of the molecule is COc1ccc([C@@H]2CCCN2C(=O)CCN2C(=O)COc3ccccc32)c(OC)c1. The van der Waals surface area contributed by atoms with Gasteiger partial charge < -0.3 is 24.0 Å². The normalized spacial score (nSPS) is 18.1. The van der Waals surface area contributed by atoms with Gasteiger partial charge in [-0.05, 0) is 37.1 Å². The molecule has 0 unspecified atom stereocenters. The molecule has 0 N–H and O–H groups in total. The van der Waals surface area contributed by atoms with Crippen LogP contribution >= 0.6 is 0 Å². The fourth-order valence-corrected chi connectivity index (χ4v) is 4.23. The molecule has 2 aliphatic heterocycles. The van der Waals surface area contributed by atoms with E-state index in [2.05, 4.69) is 0 Å². The highest BCUT2D eigenvalue weighted by Gasteiger charge is 2.33. The zero-order chi connectivity index (χ0) is 21.1. The van der Waals surface area contributed by atoms with Crippen molar-refractivity contribution >= 4 is 17.5 Å². The second-order valence-electron chi connectivity index (χ2n) is 7.40. The quantitative estimate of drug-likeness (QED) is 0.732. The highest BCUT2D eigenvalue weighted by Crippen LogP contribution is 2.39. The highest BCUT2D eigenvalue weighted by atomic mass is 16.5. The Morgan fingerprint density at radius 1 is 1.17 bits per heavy atom. The highest BCUT2D eigenvalue weighted by molar-refractivity contribution is 5.98. The number of benzene rings is 2. The maximum absolute atomic E-state index is 13.1. The first kappa shape index (κ1) is 20.1. The molecule has 7 heteroatoms. The van der Waals surface area contributed by atoms with Crippen LogP contribution in [0.1, 0.15) is 30.9 Å². The Morgan fingerprint density at radius 2 is 2.00 bits per heavy atom. The minimum absolute atomic E-state index is 0.000586. The van der Waals surface area contributed by atoms with E-state index in [9.17, 15) is 9.59 Å². The van der Waals surface area contributed by atoms with Gasteiger partial charge in [-0.2, -0.15) is 0 Å². The predicted molar refractivity (Wildman–Crippen MR) is 112 cm³/mol. The largest absolute Gasteiger partial charge is 0.497 e. The van der Waals surface area contributed by atoms with E-state index in [-0.39, 0.29) is 30.9 Å². The zero-order valence-electron chi connectivity index (χ0n) is 17.3. The Morgan fingerprint density at radius 3 is 2.80 bits per heavy atom. The Bertz CT molecular complexity index is 945. The van der Waals surface area contributed by atoms with Gasteiger partial charge in [0.25, 0.3) is 5.91 Å². The molecule has 7 nitrogen and oxygen atoms in total. The number of likely N-dealkylation sites (tertiary alicyclic amines) is 1. The molecule has 0 saturated carbocycles. The molecule has 1 saturated heterocycles. The number of anilines is 1. The molecular formula is C23H26N2O5. The molecule has 0 aromatic heterocycles. The summed E-state index contributed by atoms with van der Waals surface area (Å²) in [5.41, 5.74) is 1.70. The van der Waals surface area contributed by atoms with Crippen LogP contribution in [0.4, 0.5) is 5.69 Å². The average Bonchev–Trinajstić information content (AvgIpc) is 3.27. The summed E-state index contributed by atoms with van der Waals surface area (Å²) in [4.78, 5) is 29.0. The smallest absolute Gasteiger partial charge is 0.265 e. The molecule has 2 aromatic carbocycles. The molecule has 0 spiro atoms. The van der Waals surface area contributed by atoms with Crippen molar-refractivity contribution in [2.75, 3.05) is 38.8 Å². The predicted octanol–water partition coefficient (Wildman–Crippen LogP) is 3.18. The van der Waals surface area contributed by atoms with E-state index in [4.69, 9.17) is 14.2 Å². The molecule has 158 valence electrons. The lowest BCUT2D eigenvalue weighted by Crippen LogP contribution is -2.41. The van der Waals surface area contributed by atoms with Gasteiger partial charge in [0.15, 0.2) is 6.61 Å². The third-order valence-corrected chi connectivity index (χ3v) is 5.73. The topological polar surface area (TPSA) is 68.3 Å². The van der Waals surface area contributed by atoms with Gasteiger partial charge in [-0.15, -0.1) is 0 Å². The van der Waals surface area contributed by atoms with Crippen LogP contribution in [0.15, 0.2) is 42.5 Å². The monoisotopic (exact) mass is 410 g/mol. The van der Waals surface area contributed by atoms with E-state index in [1.165, 1.54) is 0 Å². The lowest BCUT2D eigenvalue weighted by atomic mass is 10.0. The van der Waals surface area contributed by atoms with Crippen LogP contribution in [0.2, 0.25) is 0 Å². The van der Waals surface area contributed by atoms with Crippen molar-refractivity contribution < 1.29 is 23.8 Å². The second kappa shape index (κ2) is 8.65. The van der Waals surface area contributed by atoms with Gasteiger partial charge in [0, 0.05) is 31.1 Å². The van der Waals surface area contributed by atoms with Crippen LogP contribution in [-0.4, -0.2) is 50.6 Å². The Balaban J connectivity index is 1.48. The maximum Gasteiger partial charge on any atom is 0.265 e. The number of para-hydroxylation sites is 2. The van der Waals surface area contributed by atoms with Gasteiger partial charge in [0.1, 0.15) is 17.2 Å². The van der Waals surface area contributed by atoms with Crippen molar-refractivity contribution in [3.05, 3.63) is 48.0 Å². The van der Waals surface area contributed by atoms with Crippen LogP contribution in [0.5, 0.6) is 17.2 Å². The molecular weight excluding hydrogens is 384 g/mol. The Kier molecular flexibility index (Phi) is 5.79.